The van der Waals surface area contributed by atoms with Crippen molar-refractivity contribution in [3.05, 3.63) is 35.4 Å². The van der Waals surface area contributed by atoms with Crippen molar-refractivity contribution >= 4 is 11.9 Å². The molecule has 0 bridgehead atoms. The first-order chi connectivity index (χ1) is 10.1. The van der Waals surface area contributed by atoms with Crippen LogP contribution in [0.2, 0.25) is 0 Å². The van der Waals surface area contributed by atoms with Crippen LogP contribution in [0.25, 0.3) is 0 Å². The van der Waals surface area contributed by atoms with Crippen molar-refractivity contribution in [1.82, 2.24) is 4.90 Å². The number of benzene rings is 1. The van der Waals surface area contributed by atoms with Gasteiger partial charge in [-0.1, -0.05) is 19.1 Å². The molecule has 21 heavy (non-hydrogen) atoms. The van der Waals surface area contributed by atoms with E-state index in [4.69, 9.17) is 10.4 Å². The highest BCUT2D eigenvalue weighted by Crippen LogP contribution is 2.40. The van der Waals surface area contributed by atoms with Gasteiger partial charge in [0.05, 0.1) is 23.5 Å². The fourth-order valence-electron chi connectivity index (χ4n) is 2.42. The van der Waals surface area contributed by atoms with Crippen molar-refractivity contribution in [1.29, 1.82) is 5.26 Å². The van der Waals surface area contributed by atoms with E-state index in [9.17, 15) is 9.59 Å². The van der Waals surface area contributed by atoms with Crippen LogP contribution in [0, 0.1) is 23.2 Å². The Morgan fingerprint density at radius 2 is 2.00 bits per heavy atom. The predicted octanol–water partition coefficient (Wildman–Crippen LogP) is 2.02. The third-order valence-corrected chi connectivity index (χ3v) is 3.69. The highest BCUT2D eigenvalue weighted by atomic mass is 16.4. The molecule has 0 aromatic heterocycles. The lowest BCUT2D eigenvalue weighted by atomic mass is 10.1. The zero-order valence-corrected chi connectivity index (χ0v) is 12.0. The van der Waals surface area contributed by atoms with Crippen LogP contribution in [0.1, 0.15) is 30.9 Å². The topological polar surface area (TPSA) is 81.4 Å². The van der Waals surface area contributed by atoms with E-state index in [1.807, 2.05) is 19.1 Å². The van der Waals surface area contributed by atoms with Gasteiger partial charge in [-0.2, -0.15) is 5.26 Å². The Morgan fingerprint density at radius 1 is 1.33 bits per heavy atom. The molecule has 1 aromatic rings. The number of carboxylic acid groups (broad SMARTS) is 1. The first kappa shape index (κ1) is 15.0. The molecule has 1 amide bonds. The number of hydrogen-bond donors (Lipinski definition) is 1. The van der Waals surface area contributed by atoms with Crippen LogP contribution in [-0.4, -0.2) is 28.4 Å². The Morgan fingerprint density at radius 3 is 2.48 bits per heavy atom. The molecule has 1 aliphatic rings. The van der Waals surface area contributed by atoms with E-state index in [0.717, 1.165) is 12.0 Å². The van der Waals surface area contributed by atoms with Gasteiger partial charge in [-0.15, -0.1) is 0 Å². The Balaban J connectivity index is 2.03. The quantitative estimate of drug-likeness (QED) is 0.867. The minimum atomic E-state index is -0.886. The largest absolute Gasteiger partial charge is 0.481 e. The van der Waals surface area contributed by atoms with Gasteiger partial charge in [0.1, 0.15) is 0 Å². The van der Waals surface area contributed by atoms with E-state index in [1.165, 1.54) is 0 Å². The van der Waals surface area contributed by atoms with Gasteiger partial charge in [-0.25, -0.2) is 0 Å². The third kappa shape index (κ3) is 3.60. The molecule has 2 atom stereocenters. The summed E-state index contributed by atoms with van der Waals surface area (Å²) in [6.45, 7) is 3.06. The van der Waals surface area contributed by atoms with Crippen molar-refractivity contribution in [2.75, 3.05) is 6.54 Å². The maximum Gasteiger partial charge on any atom is 0.307 e. The molecule has 1 saturated carbocycles. The normalized spacial score (nSPS) is 19.6. The lowest BCUT2D eigenvalue weighted by Crippen LogP contribution is -2.33. The second-order valence-electron chi connectivity index (χ2n) is 5.36. The molecular formula is C16H18N2O3. The number of amides is 1. The lowest BCUT2D eigenvalue weighted by Gasteiger charge is -2.22. The number of rotatable bonds is 6. The maximum absolute atomic E-state index is 12.3. The second kappa shape index (κ2) is 6.40. The van der Waals surface area contributed by atoms with Crippen molar-refractivity contribution in [2.45, 2.75) is 26.3 Å². The molecule has 0 heterocycles. The molecule has 0 spiro atoms. The first-order valence-corrected chi connectivity index (χ1v) is 7.07. The van der Waals surface area contributed by atoms with E-state index in [2.05, 4.69) is 6.07 Å². The highest BCUT2D eigenvalue weighted by molar-refractivity contribution is 5.89. The van der Waals surface area contributed by atoms with Crippen molar-refractivity contribution < 1.29 is 14.7 Å². The van der Waals surface area contributed by atoms with E-state index in [0.29, 0.717) is 25.1 Å². The molecule has 0 aliphatic heterocycles. The number of nitriles is 1. The van der Waals surface area contributed by atoms with Crippen molar-refractivity contribution in [3.63, 3.8) is 0 Å². The van der Waals surface area contributed by atoms with Crippen LogP contribution in [0.3, 0.4) is 0 Å². The summed E-state index contributed by atoms with van der Waals surface area (Å²) in [5.41, 5.74) is 1.53. The Kier molecular flexibility index (Phi) is 4.59. The lowest BCUT2D eigenvalue weighted by molar-refractivity contribution is -0.142. The summed E-state index contributed by atoms with van der Waals surface area (Å²) in [5.74, 6) is -1.85. The molecule has 1 N–H and O–H groups in total. The zero-order chi connectivity index (χ0) is 15.4. The van der Waals surface area contributed by atoms with E-state index >= 15 is 0 Å². The van der Waals surface area contributed by atoms with Crippen LogP contribution in [-0.2, 0) is 16.1 Å². The molecule has 1 aliphatic carbocycles. The molecule has 2 rings (SSSR count). The fraction of sp³-hybridized carbons (Fsp3) is 0.438. The third-order valence-electron chi connectivity index (χ3n) is 3.69. The molecule has 1 fully saturated rings. The average molecular weight is 286 g/mol. The summed E-state index contributed by atoms with van der Waals surface area (Å²) in [6.07, 6.45) is 1.27. The summed E-state index contributed by atoms with van der Waals surface area (Å²) in [5, 5.41) is 17.7. The van der Waals surface area contributed by atoms with Crippen LogP contribution >= 0.6 is 0 Å². The SMILES string of the molecule is CCCN(Cc1ccc(C#N)cc1)C(=O)C1CC1C(=O)O. The number of nitrogens with zero attached hydrogens (tertiary/aromatic N) is 2. The number of aliphatic carboxylic acids is 1. The predicted molar refractivity (Wildman–Crippen MR) is 76.1 cm³/mol. The highest BCUT2D eigenvalue weighted by Gasteiger charge is 2.49. The van der Waals surface area contributed by atoms with Gasteiger partial charge in [0, 0.05) is 13.1 Å². The summed E-state index contributed by atoms with van der Waals surface area (Å²) in [4.78, 5) is 24.9. The van der Waals surface area contributed by atoms with Gasteiger partial charge in [-0.05, 0) is 30.5 Å². The van der Waals surface area contributed by atoms with Gasteiger partial charge in [0.25, 0.3) is 0 Å². The average Bonchev–Trinajstić information content (AvgIpc) is 3.27. The minimum Gasteiger partial charge on any atom is -0.481 e. The van der Waals surface area contributed by atoms with Crippen molar-refractivity contribution in [2.24, 2.45) is 11.8 Å². The smallest absolute Gasteiger partial charge is 0.307 e. The summed E-state index contributed by atoms with van der Waals surface area (Å²) >= 11 is 0. The minimum absolute atomic E-state index is 0.0754. The molecular weight excluding hydrogens is 268 g/mol. The van der Waals surface area contributed by atoms with E-state index in [1.54, 1.807) is 17.0 Å². The standard InChI is InChI=1S/C16H18N2O3/c1-2-7-18(15(19)13-8-14(13)16(20)21)10-12-5-3-11(9-17)4-6-12/h3-6,13-14H,2,7-8,10H2,1H3,(H,20,21). The number of carboxylic acids is 1. The Labute approximate surface area is 123 Å². The summed E-state index contributed by atoms with van der Waals surface area (Å²) < 4.78 is 0. The summed E-state index contributed by atoms with van der Waals surface area (Å²) in [6, 6.07) is 9.16. The zero-order valence-electron chi connectivity index (χ0n) is 12.0. The molecule has 5 heteroatoms. The van der Waals surface area contributed by atoms with Gasteiger partial charge < -0.3 is 10.0 Å². The van der Waals surface area contributed by atoms with Gasteiger partial charge in [0.15, 0.2) is 0 Å². The van der Waals surface area contributed by atoms with Gasteiger partial charge in [-0.3, -0.25) is 9.59 Å². The van der Waals surface area contributed by atoms with Crippen molar-refractivity contribution in [3.8, 4) is 6.07 Å². The van der Waals surface area contributed by atoms with E-state index < -0.39 is 11.9 Å². The molecule has 5 nitrogen and oxygen atoms in total. The monoisotopic (exact) mass is 286 g/mol. The number of carbonyl (C=O) groups excluding carboxylic acids is 1. The molecule has 0 saturated heterocycles. The fourth-order valence-corrected chi connectivity index (χ4v) is 2.42. The van der Waals surface area contributed by atoms with Gasteiger partial charge in [0.2, 0.25) is 5.91 Å². The molecule has 110 valence electrons. The molecule has 0 radical (unpaired) electrons. The number of carbonyl (C=O) groups is 2. The Bertz CT molecular complexity index is 574. The maximum atomic E-state index is 12.3. The molecule has 2 unspecified atom stereocenters. The number of hydrogen-bond acceptors (Lipinski definition) is 3. The van der Waals surface area contributed by atoms with Crippen LogP contribution in [0.5, 0.6) is 0 Å². The summed E-state index contributed by atoms with van der Waals surface area (Å²) in [7, 11) is 0. The van der Waals surface area contributed by atoms with Gasteiger partial charge >= 0.3 is 5.97 Å². The van der Waals surface area contributed by atoms with Crippen LogP contribution < -0.4 is 0 Å². The Hall–Kier alpha value is -2.35. The second-order valence-corrected chi connectivity index (χ2v) is 5.36. The molecule has 1 aromatic carbocycles. The van der Waals surface area contributed by atoms with Crippen LogP contribution in [0.4, 0.5) is 0 Å². The first-order valence-electron chi connectivity index (χ1n) is 7.07. The van der Waals surface area contributed by atoms with Crippen LogP contribution in [0.15, 0.2) is 24.3 Å². The van der Waals surface area contributed by atoms with E-state index in [-0.39, 0.29) is 11.8 Å².